The minimum absolute atomic E-state index is 0.0247. The van der Waals surface area contributed by atoms with Crippen LogP contribution >= 0.6 is 11.6 Å². The van der Waals surface area contributed by atoms with Gasteiger partial charge in [-0.15, -0.1) is 0 Å². The van der Waals surface area contributed by atoms with Gasteiger partial charge in [0.1, 0.15) is 16.5 Å². The van der Waals surface area contributed by atoms with E-state index in [4.69, 9.17) is 21.4 Å². The molecule has 3 aromatic carbocycles. The Hall–Kier alpha value is -3.66. The van der Waals surface area contributed by atoms with Crippen molar-refractivity contribution in [2.24, 2.45) is 0 Å². The zero-order valence-electron chi connectivity index (χ0n) is 16.0. The van der Waals surface area contributed by atoms with Crippen LogP contribution in [-0.2, 0) is 9.84 Å². The first-order valence-electron chi connectivity index (χ1n) is 9.21. The van der Waals surface area contributed by atoms with Gasteiger partial charge < -0.3 is 4.42 Å². The molecule has 4 rings (SSSR count). The highest BCUT2D eigenvalue weighted by Crippen LogP contribution is 2.39. The third-order valence-corrected chi connectivity index (χ3v) is 6.79. The van der Waals surface area contributed by atoms with Gasteiger partial charge in [0.05, 0.1) is 4.90 Å². The third-order valence-electron chi connectivity index (χ3n) is 4.72. The third kappa shape index (κ3) is 3.77. The fourth-order valence-electron chi connectivity index (χ4n) is 3.29. The van der Waals surface area contributed by atoms with Gasteiger partial charge in [-0.25, -0.2) is 8.42 Å². The van der Waals surface area contributed by atoms with E-state index in [1.165, 1.54) is 12.1 Å². The Kier molecular flexibility index (Phi) is 5.47. The number of rotatable bonds is 4. The van der Waals surface area contributed by atoms with E-state index < -0.39 is 15.4 Å². The topological polar surface area (TPSA) is 94.9 Å². The molecule has 0 unspecified atom stereocenters. The van der Waals surface area contributed by atoms with Gasteiger partial charge in [-0.1, -0.05) is 60.1 Å². The molecule has 0 atom stereocenters. The number of nitrogens with zero attached hydrogens (tertiary/aromatic N) is 1. The summed E-state index contributed by atoms with van der Waals surface area (Å²) in [5, 5.41) is 18.5. The average Bonchev–Trinajstić information content (AvgIpc) is 2.80. The van der Waals surface area contributed by atoms with E-state index in [0.29, 0.717) is 16.1 Å². The fourth-order valence-corrected chi connectivity index (χ4v) is 5.06. The molecule has 5 nitrogen and oxygen atoms in total. The van der Waals surface area contributed by atoms with Crippen molar-refractivity contribution in [2.45, 2.75) is 9.79 Å². The van der Waals surface area contributed by atoms with Crippen molar-refractivity contribution in [3.05, 3.63) is 101 Å². The predicted molar refractivity (Wildman–Crippen MR) is 117 cm³/mol. The number of benzene rings is 3. The van der Waals surface area contributed by atoms with Gasteiger partial charge in [0, 0.05) is 16.1 Å². The molecule has 0 saturated carbocycles. The quantitative estimate of drug-likeness (QED) is 0.450. The molecule has 0 spiro atoms. The van der Waals surface area contributed by atoms with Crippen LogP contribution in [0, 0.1) is 16.7 Å². The van der Waals surface area contributed by atoms with Crippen molar-refractivity contribution in [1.29, 1.82) is 10.7 Å². The molecule has 0 aliphatic carbocycles. The minimum Gasteiger partial charge on any atom is -0.436 e. The molecule has 0 saturated heterocycles. The maximum atomic E-state index is 13.8. The predicted octanol–water partition coefficient (Wildman–Crippen LogP) is 5.45. The summed E-state index contributed by atoms with van der Waals surface area (Å²) in [6, 6.07) is 25.0. The summed E-state index contributed by atoms with van der Waals surface area (Å²) in [6.45, 7) is 0. The average molecular weight is 447 g/mol. The van der Waals surface area contributed by atoms with Gasteiger partial charge in [-0.05, 0) is 42.0 Å². The van der Waals surface area contributed by atoms with Gasteiger partial charge in [0.2, 0.25) is 15.4 Å². The Morgan fingerprint density at radius 2 is 1.42 bits per heavy atom. The van der Waals surface area contributed by atoms with Gasteiger partial charge in [-0.3, -0.25) is 5.41 Å². The summed E-state index contributed by atoms with van der Waals surface area (Å²) in [5.41, 5.74) is 0.479. The van der Waals surface area contributed by atoms with E-state index in [9.17, 15) is 13.7 Å². The van der Waals surface area contributed by atoms with Crippen LogP contribution in [0.4, 0.5) is 0 Å². The molecule has 1 N–H and O–H groups in total. The van der Waals surface area contributed by atoms with E-state index in [0.717, 1.165) is 0 Å². The molecule has 0 aliphatic heterocycles. The molecule has 31 heavy (non-hydrogen) atoms. The number of halogens is 1. The van der Waals surface area contributed by atoms with Gasteiger partial charge in [-0.2, -0.15) is 5.26 Å². The van der Waals surface area contributed by atoms with Crippen molar-refractivity contribution in [2.75, 3.05) is 0 Å². The molecule has 152 valence electrons. The highest BCUT2D eigenvalue weighted by molar-refractivity contribution is 7.91. The maximum absolute atomic E-state index is 13.8. The lowest BCUT2D eigenvalue weighted by Crippen LogP contribution is -2.15. The Morgan fingerprint density at radius 1 is 0.839 bits per heavy atom. The van der Waals surface area contributed by atoms with Crippen LogP contribution in [0.15, 0.2) is 99.1 Å². The number of hydrogen-bond donors (Lipinski definition) is 1. The van der Waals surface area contributed by atoms with Crippen molar-refractivity contribution < 1.29 is 12.8 Å². The van der Waals surface area contributed by atoms with Crippen LogP contribution in [0.3, 0.4) is 0 Å². The second-order valence-corrected chi connectivity index (χ2v) is 8.96. The number of sulfone groups is 1. The van der Waals surface area contributed by atoms with Crippen LogP contribution in [0.25, 0.3) is 22.5 Å². The number of nitrogens with one attached hydrogen (secondary N) is 1. The zero-order valence-corrected chi connectivity index (χ0v) is 17.6. The second kappa shape index (κ2) is 8.23. The van der Waals surface area contributed by atoms with E-state index >= 15 is 0 Å². The van der Waals surface area contributed by atoms with Crippen LogP contribution in [0.2, 0.25) is 5.02 Å². The minimum atomic E-state index is -4.12. The lowest BCUT2D eigenvalue weighted by atomic mass is 10.00. The van der Waals surface area contributed by atoms with E-state index in [1.54, 1.807) is 72.8 Å². The molecule has 1 aromatic heterocycles. The number of nitriles is 1. The van der Waals surface area contributed by atoms with Crippen molar-refractivity contribution >= 4 is 21.4 Å². The van der Waals surface area contributed by atoms with Crippen molar-refractivity contribution in [3.63, 3.8) is 0 Å². The summed E-state index contributed by atoms with van der Waals surface area (Å²) in [6.07, 6.45) is 0. The van der Waals surface area contributed by atoms with Crippen LogP contribution < -0.4 is 5.55 Å². The Morgan fingerprint density at radius 3 is 2.00 bits per heavy atom. The molecule has 7 heteroatoms. The van der Waals surface area contributed by atoms with Gasteiger partial charge in [0.15, 0.2) is 5.76 Å². The summed E-state index contributed by atoms with van der Waals surface area (Å²) < 4.78 is 33.3. The van der Waals surface area contributed by atoms with Crippen LogP contribution in [0.1, 0.15) is 5.56 Å². The van der Waals surface area contributed by atoms with E-state index in [-0.39, 0.29) is 26.7 Å². The molecular weight excluding hydrogens is 432 g/mol. The van der Waals surface area contributed by atoms with Crippen molar-refractivity contribution in [1.82, 2.24) is 0 Å². The molecule has 0 amide bonds. The smallest absolute Gasteiger partial charge is 0.230 e. The van der Waals surface area contributed by atoms with Crippen molar-refractivity contribution in [3.8, 4) is 28.5 Å². The lowest BCUT2D eigenvalue weighted by molar-refractivity contribution is 0.486. The van der Waals surface area contributed by atoms with Crippen LogP contribution in [0.5, 0.6) is 0 Å². The first-order chi connectivity index (χ1) is 14.9. The first-order valence-corrected chi connectivity index (χ1v) is 11.1. The molecule has 0 fully saturated rings. The highest BCUT2D eigenvalue weighted by Gasteiger charge is 2.31. The molecule has 0 radical (unpaired) electrons. The molecule has 0 aliphatic rings. The van der Waals surface area contributed by atoms with Crippen LogP contribution in [-0.4, -0.2) is 8.42 Å². The molecule has 1 heterocycles. The summed E-state index contributed by atoms with van der Waals surface area (Å²) in [5.74, 6) is -0.0247. The zero-order chi connectivity index (χ0) is 22.0. The Labute approximate surface area is 184 Å². The molecule has 0 bridgehead atoms. The number of hydrogen-bond acceptors (Lipinski definition) is 5. The fraction of sp³-hybridized carbons (Fsp3) is 0. The molecular formula is C24H15ClN2O3S. The maximum Gasteiger partial charge on any atom is 0.230 e. The Balaban J connectivity index is 2.20. The SMILES string of the molecule is N#Cc1c(-c2ccccc2)c(S(=O)(=O)c2ccccc2)c(-c2ccc(Cl)cc2)oc1=N. The highest BCUT2D eigenvalue weighted by atomic mass is 35.5. The standard InChI is InChI=1S/C24H15ClN2O3S/c25-18-13-11-17(12-14-18)22-23(31(28,29)19-9-5-2-6-10-19)21(16-7-3-1-4-8-16)20(15-26)24(27)30-22/h1-14,27H. The van der Waals surface area contributed by atoms with E-state index in [1.807, 2.05) is 6.07 Å². The Bertz CT molecular complexity index is 1460. The lowest BCUT2D eigenvalue weighted by Gasteiger charge is -2.16. The first kappa shape index (κ1) is 20.6. The summed E-state index contributed by atoms with van der Waals surface area (Å²) in [7, 11) is -4.12. The second-order valence-electron chi connectivity index (χ2n) is 6.64. The normalized spacial score (nSPS) is 11.1. The summed E-state index contributed by atoms with van der Waals surface area (Å²) in [4.78, 5) is -0.112. The van der Waals surface area contributed by atoms with E-state index in [2.05, 4.69) is 0 Å². The molecule has 4 aromatic rings. The monoisotopic (exact) mass is 446 g/mol. The largest absolute Gasteiger partial charge is 0.436 e. The van der Waals surface area contributed by atoms with Gasteiger partial charge in [0.25, 0.3) is 0 Å². The summed E-state index contributed by atoms with van der Waals surface area (Å²) >= 11 is 6.00. The van der Waals surface area contributed by atoms with Gasteiger partial charge >= 0.3 is 0 Å².